The van der Waals surface area contributed by atoms with Gasteiger partial charge in [-0.15, -0.1) is 11.3 Å². The molecule has 0 fully saturated rings. The number of thiophene rings is 1. The maximum absolute atomic E-state index is 2.40. The number of fused-ring (bicyclic) bond motifs is 1. The van der Waals surface area contributed by atoms with Crippen molar-refractivity contribution in [3.05, 3.63) is 32.2 Å². The Morgan fingerprint density at radius 2 is 2.08 bits per heavy atom. The van der Waals surface area contributed by atoms with E-state index in [1.165, 1.54) is 24.1 Å². The van der Waals surface area contributed by atoms with Gasteiger partial charge in [-0.1, -0.05) is 24.6 Å². The Balaban J connectivity index is 2.80. The second-order valence-electron chi connectivity index (χ2n) is 3.25. The number of hydrogen-bond donors (Lipinski definition) is 0. The number of rotatable bonds is 1. The third-order valence-corrected chi connectivity index (χ3v) is 4.18. The van der Waals surface area contributed by atoms with Gasteiger partial charge in [-0.25, -0.2) is 0 Å². The van der Waals surface area contributed by atoms with Crippen LogP contribution in [0.1, 0.15) is 18.1 Å². The van der Waals surface area contributed by atoms with Crippen molar-refractivity contribution in [3.63, 3.8) is 0 Å². The minimum atomic E-state index is 1.13. The Morgan fingerprint density at radius 1 is 1.31 bits per heavy atom. The van der Waals surface area contributed by atoms with Crippen LogP contribution in [0.15, 0.2) is 18.2 Å². The fourth-order valence-corrected chi connectivity index (χ4v) is 3.57. The van der Waals surface area contributed by atoms with Gasteiger partial charge in [0.2, 0.25) is 0 Å². The fraction of sp³-hybridized carbons (Fsp3) is 0.273. The third-order valence-electron chi connectivity index (χ3n) is 2.19. The molecule has 0 amide bonds. The quantitative estimate of drug-likeness (QED) is 0.686. The van der Waals surface area contributed by atoms with Crippen LogP contribution in [0.5, 0.6) is 0 Å². The average Bonchev–Trinajstić information content (AvgIpc) is 2.43. The summed E-state index contributed by atoms with van der Waals surface area (Å²) in [5, 5.41) is 1.41. The van der Waals surface area contributed by atoms with Crippen molar-refractivity contribution in [3.8, 4) is 0 Å². The first kappa shape index (κ1) is 9.46. The lowest BCUT2D eigenvalue weighted by molar-refractivity contribution is 1.16. The summed E-state index contributed by atoms with van der Waals surface area (Å²) in [6.45, 7) is 4.39. The Bertz CT molecular complexity index is 443. The summed E-state index contributed by atoms with van der Waals surface area (Å²) in [5.74, 6) is 0. The van der Waals surface area contributed by atoms with Gasteiger partial charge in [0, 0.05) is 4.70 Å². The molecule has 0 spiro atoms. The molecule has 0 saturated carbocycles. The van der Waals surface area contributed by atoms with Gasteiger partial charge < -0.3 is 0 Å². The second-order valence-corrected chi connectivity index (χ2v) is 6.19. The summed E-state index contributed by atoms with van der Waals surface area (Å²) in [4.78, 5) is 0. The van der Waals surface area contributed by atoms with E-state index in [9.17, 15) is 0 Å². The van der Waals surface area contributed by atoms with Crippen LogP contribution in [0.4, 0.5) is 0 Å². The van der Waals surface area contributed by atoms with E-state index in [-0.39, 0.29) is 0 Å². The standard InChI is InChI=1S/C11H11IS/c1-3-8-4-7(2)5-9-6-10(12)13-11(8)9/h4-6H,3H2,1-2H3. The smallest absolute Gasteiger partial charge is 0.0666 e. The largest absolute Gasteiger partial charge is 0.129 e. The van der Waals surface area contributed by atoms with Crippen molar-refractivity contribution in [2.45, 2.75) is 20.3 Å². The molecule has 0 atom stereocenters. The topological polar surface area (TPSA) is 0 Å². The van der Waals surface area contributed by atoms with Gasteiger partial charge in [0.25, 0.3) is 0 Å². The Morgan fingerprint density at radius 3 is 2.77 bits per heavy atom. The molecular formula is C11H11IS. The van der Waals surface area contributed by atoms with Crippen molar-refractivity contribution in [2.75, 3.05) is 0 Å². The van der Waals surface area contributed by atoms with Crippen LogP contribution >= 0.6 is 33.9 Å². The molecule has 0 saturated heterocycles. The van der Waals surface area contributed by atoms with Gasteiger partial charge in [-0.3, -0.25) is 0 Å². The van der Waals surface area contributed by atoms with Crippen LogP contribution in [-0.2, 0) is 6.42 Å². The SMILES string of the molecule is CCc1cc(C)cc2cc(I)sc12. The summed E-state index contributed by atoms with van der Waals surface area (Å²) in [6.07, 6.45) is 1.13. The van der Waals surface area contributed by atoms with E-state index in [1.807, 2.05) is 11.3 Å². The monoisotopic (exact) mass is 302 g/mol. The maximum atomic E-state index is 2.40. The zero-order valence-corrected chi connectivity index (χ0v) is 10.7. The normalized spacial score (nSPS) is 11.0. The summed E-state index contributed by atoms with van der Waals surface area (Å²) < 4.78 is 2.85. The summed E-state index contributed by atoms with van der Waals surface area (Å²) in [5.41, 5.74) is 2.86. The fourth-order valence-electron chi connectivity index (χ4n) is 1.62. The molecule has 68 valence electrons. The lowest BCUT2D eigenvalue weighted by Gasteiger charge is -2.00. The highest BCUT2D eigenvalue weighted by Gasteiger charge is 2.04. The zero-order chi connectivity index (χ0) is 9.42. The summed E-state index contributed by atoms with van der Waals surface area (Å²) in [7, 11) is 0. The molecule has 1 heterocycles. The van der Waals surface area contributed by atoms with E-state index in [0.717, 1.165) is 6.42 Å². The molecule has 2 heteroatoms. The van der Waals surface area contributed by atoms with Crippen molar-refractivity contribution < 1.29 is 0 Å². The third kappa shape index (κ3) is 1.74. The number of halogens is 1. The molecule has 2 aromatic rings. The summed E-state index contributed by atoms with van der Waals surface area (Å²) in [6, 6.07) is 6.84. The molecule has 0 aliphatic carbocycles. The molecule has 0 aliphatic heterocycles. The predicted molar refractivity (Wildman–Crippen MR) is 68.7 cm³/mol. The molecular weight excluding hydrogens is 291 g/mol. The highest BCUT2D eigenvalue weighted by Crippen LogP contribution is 2.31. The first-order valence-electron chi connectivity index (χ1n) is 4.39. The van der Waals surface area contributed by atoms with E-state index >= 15 is 0 Å². The Kier molecular flexibility index (Phi) is 2.60. The molecule has 1 aromatic carbocycles. The van der Waals surface area contributed by atoms with Gasteiger partial charge in [0.15, 0.2) is 0 Å². The average molecular weight is 302 g/mol. The van der Waals surface area contributed by atoms with Crippen LogP contribution in [-0.4, -0.2) is 0 Å². The van der Waals surface area contributed by atoms with Gasteiger partial charge in [0.05, 0.1) is 2.88 Å². The first-order valence-corrected chi connectivity index (χ1v) is 6.29. The molecule has 2 rings (SSSR count). The maximum Gasteiger partial charge on any atom is 0.0666 e. The predicted octanol–water partition coefficient (Wildman–Crippen LogP) is 4.38. The van der Waals surface area contributed by atoms with E-state index in [4.69, 9.17) is 0 Å². The van der Waals surface area contributed by atoms with Crippen molar-refractivity contribution >= 4 is 44.0 Å². The van der Waals surface area contributed by atoms with Gasteiger partial charge >= 0.3 is 0 Å². The molecule has 13 heavy (non-hydrogen) atoms. The minimum Gasteiger partial charge on any atom is -0.129 e. The highest BCUT2D eigenvalue weighted by molar-refractivity contribution is 14.1. The highest BCUT2D eigenvalue weighted by atomic mass is 127. The molecule has 0 radical (unpaired) electrons. The molecule has 0 bridgehead atoms. The van der Waals surface area contributed by atoms with Crippen LogP contribution in [0, 0.1) is 9.81 Å². The first-order chi connectivity index (χ1) is 6.20. The van der Waals surface area contributed by atoms with Crippen LogP contribution < -0.4 is 0 Å². The lowest BCUT2D eigenvalue weighted by atomic mass is 10.1. The lowest BCUT2D eigenvalue weighted by Crippen LogP contribution is -1.81. The summed E-state index contributed by atoms with van der Waals surface area (Å²) >= 11 is 4.29. The van der Waals surface area contributed by atoms with Crippen molar-refractivity contribution in [1.82, 2.24) is 0 Å². The molecule has 0 unspecified atom stereocenters. The van der Waals surface area contributed by atoms with E-state index in [2.05, 4.69) is 54.6 Å². The number of aryl methyl sites for hydroxylation is 2. The van der Waals surface area contributed by atoms with Crippen LogP contribution in [0.3, 0.4) is 0 Å². The van der Waals surface area contributed by atoms with Gasteiger partial charge in [-0.2, -0.15) is 0 Å². The number of benzene rings is 1. The Hall–Kier alpha value is -0.0900. The Labute approximate surface area is 96.1 Å². The molecule has 1 aromatic heterocycles. The van der Waals surface area contributed by atoms with Crippen LogP contribution in [0.25, 0.3) is 10.1 Å². The minimum absolute atomic E-state index is 1.13. The molecule has 0 nitrogen and oxygen atoms in total. The van der Waals surface area contributed by atoms with E-state index in [1.54, 1.807) is 0 Å². The zero-order valence-electron chi connectivity index (χ0n) is 7.73. The van der Waals surface area contributed by atoms with E-state index < -0.39 is 0 Å². The molecule has 0 N–H and O–H groups in total. The van der Waals surface area contributed by atoms with E-state index in [0.29, 0.717) is 0 Å². The van der Waals surface area contributed by atoms with Crippen molar-refractivity contribution in [2.24, 2.45) is 0 Å². The second kappa shape index (κ2) is 3.58. The van der Waals surface area contributed by atoms with Crippen molar-refractivity contribution in [1.29, 1.82) is 0 Å². The van der Waals surface area contributed by atoms with Crippen LogP contribution in [0.2, 0.25) is 0 Å². The number of hydrogen-bond acceptors (Lipinski definition) is 1. The van der Waals surface area contributed by atoms with Gasteiger partial charge in [0.1, 0.15) is 0 Å². The molecule has 0 aliphatic rings. The van der Waals surface area contributed by atoms with Gasteiger partial charge in [-0.05, 0) is 53.0 Å².